The molecule has 96 valence electrons. The van der Waals surface area contributed by atoms with E-state index in [-0.39, 0.29) is 0 Å². The Morgan fingerprint density at radius 3 is 2.76 bits per heavy atom. The molecule has 1 saturated heterocycles. The molecular formula is C13H23N3O. The summed E-state index contributed by atoms with van der Waals surface area (Å²) in [5.41, 5.74) is 1.61. The van der Waals surface area contributed by atoms with Gasteiger partial charge in [-0.2, -0.15) is 5.10 Å². The first kappa shape index (κ1) is 12.6. The van der Waals surface area contributed by atoms with Gasteiger partial charge in [0.05, 0.1) is 11.3 Å². The number of aromatic nitrogens is 2. The van der Waals surface area contributed by atoms with Gasteiger partial charge in [0.1, 0.15) is 0 Å². The maximum absolute atomic E-state index is 10.7. The van der Waals surface area contributed by atoms with Gasteiger partial charge in [0.25, 0.3) is 0 Å². The van der Waals surface area contributed by atoms with E-state index in [1.165, 1.54) is 0 Å². The van der Waals surface area contributed by atoms with Crippen molar-refractivity contribution in [2.45, 2.75) is 38.2 Å². The average molecular weight is 237 g/mol. The highest BCUT2D eigenvalue weighted by molar-refractivity contribution is 5.11. The Hall–Kier alpha value is -0.870. The van der Waals surface area contributed by atoms with Gasteiger partial charge in [0.2, 0.25) is 0 Å². The standard InChI is InChI=1S/C13H23N3O/c1-11-9-12(16(3)14-11)10-13(17)5-4-7-15(2)8-6-13/h9,17H,4-8,10H2,1-3H3. The third-order valence-corrected chi connectivity index (χ3v) is 3.75. The number of aryl methyl sites for hydroxylation is 2. The van der Waals surface area contributed by atoms with Gasteiger partial charge >= 0.3 is 0 Å². The minimum absolute atomic E-state index is 0.551. The third kappa shape index (κ3) is 3.07. The molecule has 17 heavy (non-hydrogen) atoms. The molecule has 4 heteroatoms. The van der Waals surface area contributed by atoms with Crippen molar-refractivity contribution in [3.05, 3.63) is 17.5 Å². The van der Waals surface area contributed by atoms with Gasteiger partial charge in [-0.25, -0.2) is 0 Å². The fraction of sp³-hybridized carbons (Fsp3) is 0.769. The number of rotatable bonds is 2. The summed E-state index contributed by atoms with van der Waals surface area (Å²) in [6.07, 6.45) is 3.54. The van der Waals surface area contributed by atoms with Gasteiger partial charge in [-0.15, -0.1) is 0 Å². The van der Waals surface area contributed by atoms with Crippen LogP contribution in [0.25, 0.3) is 0 Å². The molecule has 0 aromatic carbocycles. The molecule has 2 heterocycles. The van der Waals surface area contributed by atoms with Crippen LogP contribution < -0.4 is 0 Å². The largest absolute Gasteiger partial charge is 0.389 e. The Morgan fingerprint density at radius 2 is 2.12 bits per heavy atom. The summed E-state index contributed by atoms with van der Waals surface area (Å²) in [5, 5.41) is 15.0. The van der Waals surface area contributed by atoms with Gasteiger partial charge in [0.15, 0.2) is 0 Å². The first-order valence-electron chi connectivity index (χ1n) is 6.39. The van der Waals surface area contributed by atoms with E-state index in [0.717, 1.165) is 50.2 Å². The molecule has 1 aliphatic heterocycles. The van der Waals surface area contributed by atoms with Crippen LogP contribution in [0.5, 0.6) is 0 Å². The van der Waals surface area contributed by atoms with Crippen molar-refractivity contribution in [1.82, 2.24) is 14.7 Å². The summed E-state index contributed by atoms with van der Waals surface area (Å²) in [6, 6.07) is 2.08. The Bertz CT molecular complexity index is 388. The normalized spacial score (nSPS) is 27.1. The van der Waals surface area contributed by atoms with Crippen LogP contribution in [0.15, 0.2) is 6.07 Å². The monoisotopic (exact) mass is 237 g/mol. The molecule has 4 nitrogen and oxygen atoms in total. The highest BCUT2D eigenvalue weighted by Gasteiger charge is 2.30. The topological polar surface area (TPSA) is 41.3 Å². The van der Waals surface area contributed by atoms with Crippen molar-refractivity contribution in [3.63, 3.8) is 0 Å². The maximum atomic E-state index is 10.7. The summed E-state index contributed by atoms with van der Waals surface area (Å²) in [5.74, 6) is 0. The average Bonchev–Trinajstić information content (AvgIpc) is 2.44. The zero-order valence-corrected chi connectivity index (χ0v) is 11.1. The lowest BCUT2D eigenvalue weighted by atomic mass is 9.89. The Balaban J connectivity index is 2.08. The van der Waals surface area contributed by atoms with Gasteiger partial charge in [-0.05, 0) is 45.8 Å². The first-order chi connectivity index (χ1) is 7.98. The second-order valence-corrected chi connectivity index (χ2v) is 5.46. The van der Waals surface area contributed by atoms with E-state index in [1.807, 2.05) is 18.7 Å². The van der Waals surface area contributed by atoms with E-state index in [0.29, 0.717) is 0 Å². The molecule has 0 bridgehead atoms. The van der Waals surface area contributed by atoms with Gasteiger partial charge in [-0.3, -0.25) is 4.68 Å². The lowest BCUT2D eigenvalue weighted by molar-refractivity contribution is 0.0246. The van der Waals surface area contributed by atoms with Crippen molar-refractivity contribution in [2.24, 2.45) is 7.05 Å². The highest BCUT2D eigenvalue weighted by Crippen LogP contribution is 2.26. The molecule has 1 aromatic rings. The number of nitrogens with zero attached hydrogens (tertiary/aromatic N) is 3. The zero-order valence-electron chi connectivity index (χ0n) is 11.1. The second-order valence-electron chi connectivity index (χ2n) is 5.46. The predicted molar refractivity (Wildman–Crippen MR) is 67.9 cm³/mol. The van der Waals surface area contributed by atoms with E-state index >= 15 is 0 Å². The molecule has 2 rings (SSSR count). The van der Waals surface area contributed by atoms with Crippen molar-refractivity contribution in [1.29, 1.82) is 0 Å². The number of likely N-dealkylation sites (tertiary alicyclic amines) is 1. The molecule has 0 aliphatic carbocycles. The van der Waals surface area contributed by atoms with Crippen LogP contribution in [0.4, 0.5) is 0 Å². The summed E-state index contributed by atoms with van der Waals surface area (Å²) in [6.45, 7) is 4.06. The Labute approximate surface area is 103 Å². The summed E-state index contributed by atoms with van der Waals surface area (Å²) < 4.78 is 1.89. The fourth-order valence-electron chi connectivity index (χ4n) is 2.66. The molecule has 1 aliphatic rings. The van der Waals surface area contributed by atoms with Crippen LogP contribution in [-0.2, 0) is 13.5 Å². The van der Waals surface area contributed by atoms with Crippen molar-refractivity contribution >= 4 is 0 Å². The van der Waals surface area contributed by atoms with Crippen molar-refractivity contribution in [2.75, 3.05) is 20.1 Å². The van der Waals surface area contributed by atoms with Crippen molar-refractivity contribution in [3.8, 4) is 0 Å². The first-order valence-corrected chi connectivity index (χ1v) is 6.39. The van der Waals surface area contributed by atoms with Crippen LogP contribution in [0.3, 0.4) is 0 Å². The quantitative estimate of drug-likeness (QED) is 0.838. The van der Waals surface area contributed by atoms with E-state index < -0.39 is 5.60 Å². The number of hydrogen-bond donors (Lipinski definition) is 1. The second kappa shape index (κ2) is 4.78. The molecule has 1 atom stereocenters. The Morgan fingerprint density at radius 1 is 1.35 bits per heavy atom. The van der Waals surface area contributed by atoms with Gasteiger partial charge < -0.3 is 10.0 Å². The van der Waals surface area contributed by atoms with E-state index in [9.17, 15) is 5.11 Å². The lowest BCUT2D eigenvalue weighted by Crippen LogP contribution is -2.33. The molecule has 0 amide bonds. The van der Waals surface area contributed by atoms with Crippen LogP contribution in [0, 0.1) is 6.92 Å². The fourth-order valence-corrected chi connectivity index (χ4v) is 2.66. The SMILES string of the molecule is Cc1cc(CC2(O)CCCN(C)CC2)n(C)n1. The van der Waals surface area contributed by atoms with Crippen LogP contribution in [-0.4, -0.2) is 45.5 Å². The molecule has 0 radical (unpaired) electrons. The maximum Gasteiger partial charge on any atom is 0.0715 e. The van der Waals surface area contributed by atoms with Crippen LogP contribution >= 0.6 is 0 Å². The Kier molecular flexibility index (Phi) is 3.54. The summed E-state index contributed by atoms with van der Waals surface area (Å²) in [7, 11) is 4.08. The number of aliphatic hydroxyl groups is 1. The van der Waals surface area contributed by atoms with E-state index in [2.05, 4.69) is 23.1 Å². The molecule has 0 spiro atoms. The molecule has 1 fully saturated rings. The third-order valence-electron chi connectivity index (χ3n) is 3.75. The molecule has 1 N–H and O–H groups in total. The van der Waals surface area contributed by atoms with E-state index in [1.54, 1.807) is 0 Å². The molecule has 1 aromatic heterocycles. The predicted octanol–water partition coefficient (Wildman–Crippen LogP) is 1.12. The van der Waals surface area contributed by atoms with Crippen LogP contribution in [0.1, 0.15) is 30.7 Å². The van der Waals surface area contributed by atoms with Crippen molar-refractivity contribution < 1.29 is 5.11 Å². The molecule has 0 saturated carbocycles. The highest BCUT2D eigenvalue weighted by atomic mass is 16.3. The van der Waals surface area contributed by atoms with Gasteiger partial charge in [-0.1, -0.05) is 0 Å². The number of hydrogen-bond acceptors (Lipinski definition) is 3. The molecule has 1 unspecified atom stereocenters. The van der Waals surface area contributed by atoms with Crippen LogP contribution in [0.2, 0.25) is 0 Å². The van der Waals surface area contributed by atoms with Gasteiger partial charge in [0, 0.05) is 25.7 Å². The smallest absolute Gasteiger partial charge is 0.0715 e. The lowest BCUT2D eigenvalue weighted by Gasteiger charge is -2.26. The summed E-state index contributed by atoms with van der Waals surface area (Å²) >= 11 is 0. The van der Waals surface area contributed by atoms with E-state index in [4.69, 9.17) is 0 Å². The minimum Gasteiger partial charge on any atom is -0.389 e. The molecular weight excluding hydrogens is 214 g/mol. The summed E-state index contributed by atoms with van der Waals surface area (Å²) in [4.78, 5) is 2.30. The minimum atomic E-state index is -0.551. The zero-order chi connectivity index (χ0) is 12.5.